The van der Waals surface area contributed by atoms with Crippen LogP contribution < -0.4 is 5.73 Å². The summed E-state index contributed by atoms with van der Waals surface area (Å²) in [6.07, 6.45) is 2.07. The Balaban J connectivity index is 2.68. The lowest BCUT2D eigenvalue weighted by Crippen LogP contribution is -2.33. The third kappa shape index (κ3) is 3.83. The highest BCUT2D eigenvalue weighted by Gasteiger charge is 2.21. The summed E-state index contributed by atoms with van der Waals surface area (Å²) in [5.74, 6) is 0.510. The van der Waals surface area contributed by atoms with Crippen LogP contribution in [0.5, 0.6) is 0 Å². The van der Waals surface area contributed by atoms with Gasteiger partial charge >= 0.3 is 0 Å². The Labute approximate surface area is 98.9 Å². The van der Waals surface area contributed by atoms with Crippen LogP contribution in [0.3, 0.4) is 0 Å². The first-order valence-electron chi connectivity index (χ1n) is 4.96. The second-order valence-corrected chi connectivity index (χ2v) is 5.34. The molecule has 0 bridgehead atoms. The van der Waals surface area contributed by atoms with E-state index in [4.69, 9.17) is 10.5 Å². The van der Waals surface area contributed by atoms with E-state index in [0.717, 1.165) is 4.47 Å². The molecule has 1 rings (SSSR count). The molecule has 0 saturated carbocycles. The average Bonchev–Trinajstić information content (AvgIpc) is 2.25. The summed E-state index contributed by atoms with van der Waals surface area (Å²) >= 11 is 3.33. The summed E-state index contributed by atoms with van der Waals surface area (Å²) in [4.78, 5) is 0. The molecule has 0 fully saturated rings. The normalized spacial score (nSPS) is 12.4. The number of nitrogen functional groups attached to an aromatic ring is 1. The van der Waals surface area contributed by atoms with Crippen molar-refractivity contribution in [1.82, 2.24) is 9.78 Å². The molecule has 0 saturated heterocycles. The van der Waals surface area contributed by atoms with Crippen molar-refractivity contribution in [3.05, 3.63) is 10.7 Å². The Morgan fingerprint density at radius 1 is 1.60 bits per heavy atom. The maximum atomic E-state index is 5.77. The molecule has 1 aromatic heterocycles. The third-order valence-corrected chi connectivity index (χ3v) is 2.45. The fourth-order valence-corrected chi connectivity index (χ4v) is 1.87. The van der Waals surface area contributed by atoms with Crippen molar-refractivity contribution >= 4 is 21.7 Å². The Morgan fingerprint density at radius 2 is 2.20 bits per heavy atom. The van der Waals surface area contributed by atoms with Gasteiger partial charge in [-0.2, -0.15) is 5.10 Å². The molecule has 5 heteroatoms. The topological polar surface area (TPSA) is 53.1 Å². The van der Waals surface area contributed by atoms with Gasteiger partial charge in [-0.1, -0.05) is 0 Å². The molecule has 86 valence electrons. The van der Waals surface area contributed by atoms with Crippen molar-refractivity contribution in [3.8, 4) is 0 Å². The highest BCUT2D eigenvalue weighted by Crippen LogP contribution is 2.20. The quantitative estimate of drug-likeness (QED) is 0.918. The number of nitrogens with zero attached hydrogens (tertiary/aromatic N) is 2. The van der Waals surface area contributed by atoms with Crippen LogP contribution in [-0.2, 0) is 11.3 Å². The zero-order chi connectivity index (χ0) is 11.6. The predicted molar refractivity (Wildman–Crippen MR) is 64.6 cm³/mol. The van der Waals surface area contributed by atoms with Crippen molar-refractivity contribution < 1.29 is 4.74 Å². The van der Waals surface area contributed by atoms with E-state index in [1.165, 1.54) is 0 Å². The van der Waals surface area contributed by atoms with Gasteiger partial charge in [0.05, 0.1) is 22.7 Å². The molecule has 1 heterocycles. The van der Waals surface area contributed by atoms with Gasteiger partial charge in [0.25, 0.3) is 0 Å². The summed E-state index contributed by atoms with van der Waals surface area (Å²) in [5.41, 5.74) is 5.40. The Morgan fingerprint density at radius 3 is 2.60 bits per heavy atom. The maximum Gasteiger partial charge on any atom is 0.159 e. The van der Waals surface area contributed by atoms with Gasteiger partial charge in [0, 0.05) is 6.20 Å². The lowest BCUT2D eigenvalue weighted by atomic mass is 10.1. The van der Waals surface area contributed by atoms with Gasteiger partial charge in [0.1, 0.15) is 0 Å². The first kappa shape index (κ1) is 12.5. The van der Waals surface area contributed by atoms with E-state index in [9.17, 15) is 0 Å². The van der Waals surface area contributed by atoms with E-state index in [1.54, 1.807) is 4.68 Å². The monoisotopic (exact) mass is 275 g/mol. The van der Waals surface area contributed by atoms with Gasteiger partial charge in [-0.15, -0.1) is 0 Å². The molecule has 2 N–H and O–H groups in total. The van der Waals surface area contributed by atoms with Gasteiger partial charge in [0.2, 0.25) is 0 Å². The lowest BCUT2D eigenvalue weighted by Gasteiger charge is -2.27. The van der Waals surface area contributed by atoms with Crippen molar-refractivity contribution in [2.75, 3.05) is 5.73 Å². The van der Waals surface area contributed by atoms with Gasteiger partial charge < -0.3 is 10.5 Å². The SMILES string of the molecule is CC(C)OC(C)(C)Cn1cc(Br)c(N)n1. The van der Waals surface area contributed by atoms with Crippen LogP contribution in [0, 0.1) is 0 Å². The number of hydrogen-bond acceptors (Lipinski definition) is 3. The summed E-state index contributed by atoms with van der Waals surface area (Å²) in [5, 5.41) is 4.17. The average molecular weight is 276 g/mol. The number of anilines is 1. The molecule has 0 aromatic carbocycles. The molecular weight excluding hydrogens is 258 g/mol. The van der Waals surface area contributed by atoms with Gasteiger partial charge in [-0.3, -0.25) is 4.68 Å². The molecular formula is C10H18BrN3O. The molecule has 15 heavy (non-hydrogen) atoms. The second-order valence-electron chi connectivity index (χ2n) is 4.49. The number of hydrogen-bond donors (Lipinski definition) is 1. The summed E-state index contributed by atoms with van der Waals surface area (Å²) in [7, 11) is 0. The molecule has 0 atom stereocenters. The van der Waals surface area contributed by atoms with Crippen molar-refractivity contribution in [2.24, 2.45) is 0 Å². The minimum absolute atomic E-state index is 0.205. The van der Waals surface area contributed by atoms with E-state index in [0.29, 0.717) is 12.4 Å². The van der Waals surface area contributed by atoms with E-state index in [1.807, 2.05) is 33.9 Å². The molecule has 4 nitrogen and oxygen atoms in total. The van der Waals surface area contributed by atoms with Crippen LogP contribution in [0.2, 0.25) is 0 Å². The highest BCUT2D eigenvalue weighted by atomic mass is 79.9. The summed E-state index contributed by atoms with van der Waals surface area (Å²) in [6.45, 7) is 8.81. The van der Waals surface area contributed by atoms with Crippen LogP contribution in [0.1, 0.15) is 27.7 Å². The zero-order valence-electron chi connectivity index (χ0n) is 9.62. The first-order chi connectivity index (χ1) is 6.80. The molecule has 0 unspecified atom stereocenters. The van der Waals surface area contributed by atoms with Gasteiger partial charge in [-0.25, -0.2) is 0 Å². The van der Waals surface area contributed by atoms with Crippen LogP contribution in [0.4, 0.5) is 5.82 Å². The maximum absolute atomic E-state index is 5.77. The van der Waals surface area contributed by atoms with Crippen LogP contribution in [-0.4, -0.2) is 21.5 Å². The first-order valence-corrected chi connectivity index (χ1v) is 5.76. The van der Waals surface area contributed by atoms with Crippen LogP contribution >= 0.6 is 15.9 Å². The number of nitrogens with two attached hydrogens (primary N) is 1. The molecule has 0 radical (unpaired) electrons. The minimum Gasteiger partial charge on any atom is -0.381 e. The fraction of sp³-hybridized carbons (Fsp3) is 0.700. The third-order valence-electron chi connectivity index (χ3n) is 1.84. The number of rotatable bonds is 4. The van der Waals surface area contributed by atoms with E-state index < -0.39 is 0 Å². The van der Waals surface area contributed by atoms with Crippen LogP contribution in [0.25, 0.3) is 0 Å². The molecule has 1 aromatic rings. The van der Waals surface area contributed by atoms with E-state index >= 15 is 0 Å². The Hall–Kier alpha value is -0.550. The Kier molecular flexibility index (Phi) is 3.78. The smallest absolute Gasteiger partial charge is 0.159 e. The van der Waals surface area contributed by atoms with Crippen molar-refractivity contribution in [3.63, 3.8) is 0 Å². The Bertz CT molecular complexity index is 314. The summed E-state index contributed by atoms with van der Waals surface area (Å²) < 4.78 is 8.39. The molecule has 0 aliphatic heterocycles. The minimum atomic E-state index is -0.244. The molecule has 0 aliphatic rings. The largest absolute Gasteiger partial charge is 0.381 e. The van der Waals surface area contributed by atoms with Gasteiger partial charge in [-0.05, 0) is 43.6 Å². The number of aromatic nitrogens is 2. The molecule has 0 amide bonds. The van der Waals surface area contributed by atoms with Gasteiger partial charge in [0.15, 0.2) is 5.82 Å². The lowest BCUT2D eigenvalue weighted by molar-refractivity contribution is -0.0670. The standard InChI is InChI=1S/C10H18BrN3O/c1-7(2)15-10(3,4)6-14-5-8(11)9(12)13-14/h5,7H,6H2,1-4H3,(H2,12,13). The summed E-state index contributed by atoms with van der Waals surface area (Å²) in [6, 6.07) is 0. The molecule has 0 aliphatic carbocycles. The molecule has 0 spiro atoms. The zero-order valence-corrected chi connectivity index (χ0v) is 11.2. The number of ether oxygens (including phenoxy) is 1. The second kappa shape index (κ2) is 4.53. The van der Waals surface area contributed by atoms with E-state index in [2.05, 4.69) is 21.0 Å². The van der Waals surface area contributed by atoms with Crippen molar-refractivity contribution in [1.29, 1.82) is 0 Å². The van der Waals surface area contributed by atoms with Crippen LogP contribution in [0.15, 0.2) is 10.7 Å². The predicted octanol–water partition coefficient (Wildman–Crippen LogP) is 2.43. The van der Waals surface area contributed by atoms with E-state index in [-0.39, 0.29) is 11.7 Å². The van der Waals surface area contributed by atoms with Crippen molar-refractivity contribution in [2.45, 2.75) is 45.9 Å². The fourth-order valence-electron chi connectivity index (χ4n) is 1.56. The number of halogens is 1. The highest BCUT2D eigenvalue weighted by molar-refractivity contribution is 9.10.